The van der Waals surface area contributed by atoms with Gasteiger partial charge in [0.2, 0.25) is 0 Å². The molecule has 0 spiro atoms. The number of aryl methyl sites for hydroxylation is 1. The molecule has 4 rings (SSSR count). The van der Waals surface area contributed by atoms with E-state index in [0.717, 1.165) is 16.5 Å². The molecule has 0 aliphatic heterocycles. The zero-order valence-electron chi connectivity index (χ0n) is 14.4. The molecule has 2 unspecified atom stereocenters. The van der Waals surface area contributed by atoms with Crippen LogP contribution in [-0.2, 0) is 0 Å². The fraction of sp³-hybridized carbons (Fsp3) is 0.217. The lowest BCUT2D eigenvalue weighted by Gasteiger charge is -2.27. The summed E-state index contributed by atoms with van der Waals surface area (Å²) < 4.78 is 0. The van der Waals surface area contributed by atoms with Crippen molar-refractivity contribution < 1.29 is 5.11 Å². The second-order valence-corrected chi connectivity index (χ2v) is 6.95. The molecule has 1 aliphatic carbocycles. The van der Waals surface area contributed by atoms with Gasteiger partial charge < -0.3 is 5.11 Å². The first-order chi connectivity index (χ1) is 11.6. The van der Waals surface area contributed by atoms with Crippen LogP contribution in [0.3, 0.4) is 0 Å². The Morgan fingerprint density at radius 1 is 0.917 bits per heavy atom. The maximum atomic E-state index is 10.9. The topological polar surface area (TPSA) is 20.2 Å². The van der Waals surface area contributed by atoms with E-state index in [9.17, 15) is 5.11 Å². The largest absolute Gasteiger partial charge is 0.507 e. The maximum absolute atomic E-state index is 10.9. The minimum absolute atomic E-state index is 0.357. The van der Waals surface area contributed by atoms with Crippen molar-refractivity contribution in [3.63, 3.8) is 0 Å². The molecule has 2 atom stereocenters. The summed E-state index contributed by atoms with van der Waals surface area (Å²) in [5.74, 6) is 1.21. The number of hydrogen-bond acceptors (Lipinski definition) is 1. The molecule has 1 N–H and O–H groups in total. The molecule has 0 saturated heterocycles. The van der Waals surface area contributed by atoms with Gasteiger partial charge in [0.15, 0.2) is 0 Å². The van der Waals surface area contributed by atoms with Gasteiger partial charge in [-0.25, -0.2) is 0 Å². The minimum Gasteiger partial charge on any atom is -0.507 e. The monoisotopic (exact) mass is 314 g/mol. The lowest BCUT2D eigenvalue weighted by Crippen LogP contribution is -2.35. The Kier molecular flexibility index (Phi) is 3.45. The lowest BCUT2D eigenvalue weighted by molar-refractivity contribution is 0.468. The van der Waals surface area contributed by atoms with E-state index in [4.69, 9.17) is 0 Å². The van der Waals surface area contributed by atoms with E-state index in [1.54, 1.807) is 0 Å². The summed E-state index contributed by atoms with van der Waals surface area (Å²) >= 11 is 0. The molecule has 24 heavy (non-hydrogen) atoms. The molecule has 0 bridgehead atoms. The highest BCUT2D eigenvalue weighted by Crippen LogP contribution is 2.40. The van der Waals surface area contributed by atoms with Gasteiger partial charge in [-0.2, -0.15) is 0 Å². The molecule has 3 aromatic carbocycles. The average molecular weight is 314 g/mol. The second-order valence-electron chi connectivity index (χ2n) is 6.95. The van der Waals surface area contributed by atoms with E-state index in [1.807, 2.05) is 6.92 Å². The Hall–Kier alpha value is -2.54. The fourth-order valence-electron chi connectivity index (χ4n) is 3.94. The number of benzene rings is 3. The van der Waals surface area contributed by atoms with Crippen molar-refractivity contribution in [1.82, 2.24) is 0 Å². The zero-order chi connectivity index (χ0) is 16.8. The van der Waals surface area contributed by atoms with Gasteiger partial charge in [-0.15, -0.1) is 0 Å². The number of fused-ring (bicyclic) bond motifs is 2. The molecule has 1 heteroatoms. The Morgan fingerprint density at radius 2 is 1.62 bits per heavy atom. The molecule has 0 aromatic heterocycles. The highest BCUT2D eigenvalue weighted by molar-refractivity contribution is 5.98. The molecule has 1 aliphatic rings. The Morgan fingerprint density at radius 3 is 2.46 bits per heavy atom. The first-order valence-electron chi connectivity index (χ1n) is 8.60. The van der Waals surface area contributed by atoms with Crippen molar-refractivity contribution in [2.45, 2.75) is 20.8 Å². The summed E-state index contributed by atoms with van der Waals surface area (Å²) in [4.78, 5) is 0. The van der Waals surface area contributed by atoms with Crippen LogP contribution in [0.2, 0.25) is 0 Å². The van der Waals surface area contributed by atoms with Crippen LogP contribution in [0.1, 0.15) is 25.0 Å². The van der Waals surface area contributed by atoms with Gasteiger partial charge in [0.1, 0.15) is 5.75 Å². The standard InChI is InChI=1S/C23H22O/c1-14-12-17-8-4-6-10-19(17)21(16(14)3)22-20-11-7-5-9-18(20)13-15(2)23(22)24/h4-14,16,24H,1-3H3. The molecule has 0 amide bonds. The predicted octanol–water partition coefficient (Wildman–Crippen LogP) is 4.12. The van der Waals surface area contributed by atoms with Crippen LogP contribution in [0.25, 0.3) is 22.4 Å². The van der Waals surface area contributed by atoms with Gasteiger partial charge in [0, 0.05) is 5.56 Å². The second kappa shape index (κ2) is 5.52. The van der Waals surface area contributed by atoms with Gasteiger partial charge in [0.25, 0.3) is 0 Å². The Balaban J connectivity index is 2.23. The highest BCUT2D eigenvalue weighted by Gasteiger charge is 2.25. The zero-order valence-corrected chi connectivity index (χ0v) is 14.4. The smallest absolute Gasteiger partial charge is 0.126 e. The number of hydrogen-bond donors (Lipinski definition) is 1. The normalized spacial score (nSPS) is 19.9. The number of rotatable bonds is 1. The minimum atomic E-state index is 0.357. The summed E-state index contributed by atoms with van der Waals surface area (Å²) in [6, 6.07) is 19.0. The quantitative estimate of drug-likeness (QED) is 0.716. The van der Waals surface area contributed by atoms with Crippen molar-refractivity contribution in [2.24, 2.45) is 11.8 Å². The van der Waals surface area contributed by atoms with Crippen LogP contribution in [0.5, 0.6) is 5.75 Å². The first kappa shape index (κ1) is 15.0. The highest BCUT2D eigenvalue weighted by atomic mass is 16.3. The third kappa shape index (κ3) is 2.16. The molecular weight excluding hydrogens is 292 g/mol. The lowest BCUT2D eigenvalue weighted by atomic mass is 9.77. The van der Waals surface area contributed by atoms with Crippen LogP contribution < -0.4 is 10.4 Å². The summed E-state index contributed by atoms with van der Waals surface area (Å²) in [5, 5.41) is 15.8. The SMILES string of the molecule is Cc1cc2ccccc2c(C2=c3ccccc3=CC(C)C2C)c1O. The van der Waals surface area contributed by atoms with Crippen molar-refractivity contribution in [1.29, 1.82) is 0 Å². The predicted molar refractivity (Wildman–Crippen MR) is 101 cm³/mol. The fourth-order valence-corrected chi connectivity index (χ4v) is 3.94. The van der Waals surface area contributed by atoms with Crippen molar-refractivity contribution >= 4 is 22.4 Å². The number of phenolic OH excluding ortho intramolecular Hbond substituents is 1. The molecule has 0 radical (unpaired) electrons. The van der Waals surface area contributed by atoms with Crippen LogP contribution in [0.15, 0.2) is 54.6 Å². The van der Waals surface area contributed by atoms with E-state index in [0.29, 0.717) is 17.6 Å². The molecule has 0 saturated carbocycles. The van der Waals surface area contributed by atoms with Crippen molar-refractivity contribution in [3.8, 4) is 5.75 Å². The molecule has 120 valence electrons. The number of phenols is 1. The van der Waals surface area contributed by atoms with Crippen LogP contribution in [0, 0.1) is 18.8 Å². The van der Waals surface area contributed by atoms with Gasteiger partial charge in [0.05, 0.1) is 0 Å². The summed E-state index contributed by atoms with van der Waals surface area (Å²) in [5.41, 5.74) is 3.20. The first-order valence-corrected chi connectivity index (χ1v) is 8.60. The van der Waals surface area contributed by atoms with Gasteiger partial charge in [-0.1, -0.05) is 68.5 Å². The Bertz CT molecular complexity index is 1060. The van der Waals surface area contributed by atoms with Crippen molar-refractivity contribution in [3.05, 3.63) is 76.2 Å². The van der Waals surface area contributed by atoms with E-state index < -0.39 is 0 Å². The summed E-state index contributed by atoms with van der Waals surface area (Å²) in [6.45, 7) is 6.51. The molecular formula is C23H22O. The molecule has 0 heterocycles. The van der Waals surface area contributed by atoms with E-state index in [-0.39, 0.29) is 0 Å². The molecule has 1 nitrogen and oxygen atoms in total. The van der Waals surface area contributed by atoms with Crippen LogP contribution in [0.4, 0.5) is 0 Å². The van der Waals surface area contributed by atoms with Crippen LogP contribution in [-0.4, -0.2) is 5.11 Å². The average Bonchev–Trinajstić information content (AvgIpc) is 2.58. The summed E-state index contributed by atoms with van der Waals surface area (Å²) in [6.07, 6.45) is 2.35. The molecule has 0 fully saturated rings. The number of aromatic hydroxyl groups is 1. The third-order valence-electron chi connectivity index (χ3n) is 5.42. The van der Waals surface area contributed by atoms with Crippen LogP contribution >= 0.6 is 0 Å². The van der Waals surface area contributed by atoms with E-state index in [2.05, 4.69) is 74.5 Å². The third-order valence-corrected chi connectivity index (χ3v) is 5.42. The van der Waals surface area contributed by atoms with Gasteiger partial charge in [-0.05, 0) is 57.2 Å². The van der Waals surface area contributed by atoms with Crippen molar-refractivity contribution in [2.75, 3.05) is 0 Å². The van der Waals surface area contributed by atoms with E-state index in [1.165, 1.54) is 21.4 Å². The summed E-state index contributed by atoms with van der Waals surface area (Å²) in [7, 11) is 0. The van der Waals surface area contributed by atoms with Gasteiger partial charge >= 0.3 is 0 Å². The Labute approximate surface area is 142 Å². The molecule has 3 aromatic rings. The van der Waals surface area contributed by atoms with E-state index >= 15 is 0 Å². The van der Waals surface area contributed by atoms with Gasteiger partial charge in [-0.3, -0.25) is 0 Å². The maximum Gasteiger partial charge on any atom is 0.126 e.